The predicted octanol–water partition coefficient (Wildman–Crippen LogP) is 2.99. The van der Waals surface area contributed by atoms with E-state index in [0.717, 1.165) is 0 Å². The van der Waals surface area contributed by atoms with E-state index in [0.29, 0.717) is 52.7 Å². The Kier molecular flexibility index (Phi) is 13.6. The Labute approximate surface area is 164 Å². The lowest BCUT2D eigenvalue weighted by Crippen LogP contribution is -2.35. The normalized spacial score (nSPS) is 13.7. The van der Waals surface area contributed by atoms with Gasteiger partial charge in [0.25, 0.3) is 0 Å². The topological polar surface area (TPSA) is 63.2 Å². The van der Waals surface area contributed by atoms with Gasteiger partial charge in [0.15, 0.2) is 0 Å². The van der Waals surface area contributed by atoms with E-state index in [-0.39, 0.29) is 28.7 Å². The third-order valence-corrected chi connectivity index (χ3v) is 3.86. The number of hydrogen-bond acceptors (Lipinski definition) is 7. The maximum atomic E-state index is 12.4. The van der Waals surface area contributed by atoms with Crippen LogP contribution >= 0.6 is 12.6 Å². The van der Waals surface area contributed by atoms with Crippen LogP contribution in [0.2, 0.25) is 0 Å². The Morgan fingerprint density at radius 2 is 1.23 bits per heavy atom. The number of hydrogen-bond donors (Lipinski definition) is 1. The lowest BCUT2D eigenvalue weighted by Gasteiger charge is -2.33. The van der Waals surface area contributed by atoms with Gasteiger partial charge in [-0.2, -0.15) is 12.6 Å². The molecule has 0 aromatic rings. The molecule has 0 aliphatic heterocycles. The largest absolute Gasteiger partial charge is 0.463 e. The van der Waals surface area contributed by atoms with Crippen LogP contribution < -0.4 is 0 Å². The number of esters is 1. The molecule has 0 aliphatic carbocycles. The molecule has 26 heavy (non-hydrogen) atoms. The van der Waals surface area contributed by atoms with Crippen molar-refractivity contribution in [1.29, 1.82) is 0 Å². The van der Waals surface area contributed by atoms with Gasteiger partial charge in [-0.3, -0.25) is 4.79 Å². The molecule has 0 aromatic heterocycles. The zero-order chi connectivity index (χ0) is 20.1. The third-order valence-electron chi connectivity index (χ3n) is 3.68. The number of carbonyl (C=O) groups is 1. The summed E-state index contributed by atoms with van der Waals surface area (Å²) in [6.45, 7) is 13.9. The van der Waals surface area contributed by atoms with Crippen molar-refractivity contribution in [3.63, 3.8) is 0 Å². The average Bonchev–Trinajstić information content (AvgIpc) is 2.51. The Balaban J connectivity index is 3.77. The van der Waals surface area contributed by atoms with Crippen LogP contribution in [0.3, 0.4) is 0 Å². The van der Waals surface area contributed by atoms with Crippen LogP contribution in [0, 0.1) is 11.3 Å². The van der Waals surface area contributed by atoms with Crippen molar-refractivity contribution < 1.29 is 28.5 Å². The van der Waals surface area contributed by atoms with Gasteiger partial charge in [-0.25, -0.2) is 0 Å². The lowest BCUT2D eigenvalue weighted by molar-refractivity contribution is -0.154. The number of thiol groups is 1. The summed E-state index contributed by atoms with van der Waals surface area (Å²) in [5, 5.41) is 0. The molecule has 0 bridgehead atoms. The zero-order valence-electron chi connectivity index (χ0n) is 17.3. The standard InChI is InChI=1S/C19H38O6S/c1-18(2,3)16(15-19(4,5)26)17(20)25-14-13-24-12-11-23-10-9-22-8-7-21-6/h16,26H,7-15H2,1-6H3. The molecule has 0 fully saturated rings. The van der Waals surface area contributed by atoms with E-state index in [2.05, 4.69) is 12.6 Å². The minimum absolute atomic E-state index is 0.170. The van der Waals surface area contributed by atoms with Gasteiger partial charge in [0, 0.05) is 11.9 Å². The summed E-state index contributed by atoms with van der Waals surface area (Å²) in [7, 11) is 1.64. The lowest BCUT2D eigenvalue weighted by atomic mass is 9.76. The Hall–Kier alpha value is -0.340. The highest BCUT2D eigenvalue weighted by Crippen LogP contribution is 2.35. The van der Waals surface area contributed by atoms with E-state index in [1.165, 1.54) is 0 Å². The summed E-state index contributed by atoms with van der Waals surface area (Å²) < 4.78 is 26.1. The minimum Gasteiger partial charge on any atom is -0.463 e. The van der Waals surface area contributed by atoms with E-state index < -0.39 is 0 Å². The van der Waals surface area contributed by atoms with Gasteiger partial charge in [0.2, 0.25) is 0 Å². The maximum Gasteiger partial charge on any atom is 0.309 e. The van der Waals surface area contributed by atoms with Gasteiger partial charge in [-0.05, 0) is 11.8 Å². The van der Waals surface area contributed by atoms with E-state index in [4.69, 9.17) is 23.7 Å². The molecule has 7 heteroatoms. The van der Waals surface area contributed by atoms with Crippen LogP contribution in [0.5, 0.6) is 0 Å². The fourth-order valence-corrected chi connectivity index (χ4v) is 2.41. The van der Waals surface area contributed by atoms with Crippen molar-refractivity contribution in [2.75, 3.05) is 60.0 Å². The van der Waals surface area contributed by atoms with Crippen molar-refractivity contribution in [3.05, 3.63) is 0 Å². The highest BCUT2D eigenvalue weighted by molar-refractivity contribution is 7.81. The molecule has 0 amide bonds. The van der Waals surface area contributed by atoms with E-state index in [1.54, 1.807) is 7.11 Å². The van der Waals surface area contributed by atoms with Crippen molar-refractivity contribution in [2.24, 2.45) is 11.3 Å². The Morgan fingerprint density at radius 3 is 1.62 bits per heavy atom. The van der Waals surface area contributed by atoms with Gasteiger partial charge in [-0.15, -0.1) is 0 Å². The van der Waals surface area contributed by atoms with Gasteiger partial charge in [-0.1, -0.05) is 34.6 Å². The van der Waals surface area contributed by atoms with Crippen molar-refractivity contribution >= 4 is 18.6 Å². The van der Waals surface area contributed by atoms with E-state index in [1.807, 2.05) is 34.6 Å². The summed E-state index contributed by atoms with van der Waals surface area (Å²) in [6.07, 6.45) is 0.666. The van der Waals surface area contributed by atoms with Gasteiger partial charge in [0.1, 0.15) is 6.61 Å². The second-order valence-corrected chi connectivity index (χ2v) is 9.14. The Bertz CT molecular complexity index is 362. The number of ether oxygens (including phenoxy) is 5. The first kappa shape index (κ1) is 25.7. The van der Waals surface area contributed by atoms with Crippen LogP contribution in [0.15, 0.2) is 0 Å². The molecule has 0 saturated carbocycles. The van der Waals surface area contributed by atoms with Crippen LogP contribution in [0.1, 0.15) is 41.0 Å². The second kappa shape index (κ2) is 13.8. The Morgan fingerprint density at radius 1 is 0.808 bits per heavy atom. The third kappa shape index (κ3) is 14.8. The number of methoxy groups -OCH3 is 1. The zero-order valence-corrected chi connectivity index (χ0v) is 18.2. The highest BCUT2D eigenvalue weighted by Gasteiger charge is 2.36. The molecule has 0 aliphatic rings. The fourth-order valence-electron chi connectivity index (χ4n) is 2.23. The summed E-state index contributed by atoms with van der Waals surface area (Å²) in [4.78, 5) is 12.4. The molecule has 0 spiro atoms. The molecular weight excluding hydrogens is 356 g/mol. The minimum atomic E-state index is -0.224. The molecule has 0 aromatic carbocycles. The van der Waals surface area contributed by atoms with E-state index in [9.17, 15) is 4.79 Å². The molecular formula is C19H38O6S. The first-order chi connectivity index (χ1) is 12.1. The average molecular weight is 395 g/mol. The van der Waals surface area contributed by atoms with Crippen LogP contribution in [0.4, 0.5) is 0 Å². The summed E-state index contributed by atoms with van der Waals surface area (Å²) in [6, 6.07) is 0. The molecule has 0 radical (unpaired) electrons. The highest BCUT2D eigenvalue weighted by atomic mass is 32.1. The van der Waals surface area contributed by atoms with Crippen LogP contribution in [0.25, 0.3) is 0 Å². The monoisotopic (exact) mass is 394 g/mol. The smallest absolute Gasteiger partial charge is 0.309 e. The summed E-state index contributed by atoms with van der Waals surface area (Å²) in [5.41, 5.74) is -0.170. The molecule has 156 valence electrons. The van der Waals surface area contributed by atoms with Crippen LogP contribution in [-0.2, 0) is 28.5 Å². The van der Waals surface area contributed by atoms with Gasteiger partial charge < -0.3 is 23.7 Å². The van der Waals surface area contributed by atoms with Gasteiger partial charge in [0.05, 0.1) is 52.2 Å². The second-order valence-electron chi connectivity index (χ2n) is 7.93. The van der Waals surface area contributed by atoms with Gasteiger partial charge >= 0.3 is 5.97 Å². The van der Waals surface area contributed by atoms with Crippen molar-refractivity contribution in [2.45, 2.75) is 45.8 Å². The molecule has 0 saturated heterocycles. The maximum absolute atomic E-state index is 12.4. The van der Waals surface area contributed by atoms with Crippen molar-refractivity contribution in [1.82, 2.24) is 0 Å². The molecule has 6 nitrogen and oxygen atoms in total. The quantitative estimate of drug-likeness (QED) is 0.262. The molecule has 0 N–H and O–H groups in total. The fraction of sp³-hybridized carbons (Fsp3) is 0.947. The number of carbonyl (C=O) groups excluding carboxylic acids is 1. The first-order valence-electron chi connectivity index (χ1n) is 9.19. The van der Waals surface area contributed by atoms with Crippen LogP contribution in [-0.4, -0.2) is 70.7 Å². The summed E-state index contributed by atoms with van der Waals surface area (Å²) >= 11 is 4.55. The van der Waals surface area contributed by atoms with Crippen molar-refractivity contribution in [3.8, 4) is 0 Å². The molecule has 1 atom stereocenters. The number of rotatable bonds is 15. The molecule has 0 rings (SSSR count). The molecule has 0 heterocycles. The SMILES string of the molecule is COCCOCCOCCOCCOC(=O)C(CC(C)(C)S)C(C)(C)C. The van der Waals surface area contributed by atoms with E-state index >= 15 is 0 Å². The predicted molar refractivity (Wildman–Crippen MR) is 106 cm³/mol. The summed E-state index contributed by atoms with van der Waals surface area (Å²) in [5.74, 6) is -0.385. The molecule has 1 unspecified atom stereocenters. The first-order valence-corrected chi connectivity index (χ1v) is 9.64.